The lowest BCUT2D eigenvalue weighted by Crippen LogP contribution is -2.28. The minimum absolute atomic E-state index is 0.333. The lowest BCUT2D eigenvalue weighted by atomic mass is 10.1. The number of rotatable bonds is 12. The zero-order valence-corrected chi connectivity index (χ0v) is 19.0. The summed E-state index contributed by atoms with van der Waals surface area (Å²) in [6, 6.07) is 13.5. The van der Waals surface area contributed by atoms with E-state index in [4.69, 9.17) is 23.7 Å². The lowest BCUT2D eigenvalue weighted by Gasteiger charge is -2.15. The van der Waals surface area contributed by atoms with Gasteiger partial charge in [0.05, 0.1) is 20.8 Å². The van der Waals surface area contributed by atoms with Gasteiger partial charge < -0.3 is 23.7 Å². The van der Waals surface area contributed by atoms with E-state index in [0.717, 1.165) is 22.4 Å². The highest BCUT2D eigenvalue weighted by molar-refractivity contribution is 5.75. The molecule has 0 amide bonds. The van der Waals surface area contributed by atoms with Crippen LogP contribution in [0.4, 0.5) is 0 Å². The normalized spacial score (nSPS) is 12.2. The van der Waals surface area contributed by atoms with Crippen molar-refractivity contribution < 1.29 is 28.5 Å². The van der Waals surface area contributed by atoms with Crippen molar-refractivity contribution in [2.45, 2.75) is 33.3 Å². The smallest absolute Gasteiger partial charge is 0.335 e. The summed E-state index contributed by atoms with van der Waals surface area (Å²) in [5.41, 5.74) is 3.10. The maximum Gasteiger partial charge on any atom is 0.335 e. The Bertz CT molecular complexity index is 857. The van der Waals surface area contributed by atoms with E-state index in [0.29, 0.717) is 37.7 Å². The van der Waals surface area contributed by atoms with Gasteiger partial charge >= 0.3 is 5.97 Å². The molecule has 0 aliphatic carbocycles. The van der Waals surface area contributed by atoms with Crippen LogP contribution in [-0.2, 0) is 20.7 Å². The average molecular weight is 429 g/mol. The van der Waals surface area contributed by atoms with E-state index in [1.54, 1.807) is 21.1 Å². The summed E-state index contributed by atoms with van der Waals surface area (Å²) in [6.07, 6.45) is 1.88. The number of ether oxygens (including phenoxy) is 5. The first-order valence-corrected chi connectivity index (χ1v) is 10.4. The van der Waals surface area contributed by atoms with Gasteiger partial charge in [0, 0.05) is 13.0 Å². The molecular weight excluding hydrogens is 396 g/mol. The van der Waals surface area contributed by atoms with E-state index in [1.807, 2.05) is 62.4 Å². The third-order valence-corrected chi connectivity index (χ3v) is 4.74. The van der Waals surface area contributed by atoms with Crippen molar-refractivity contribution in [3.8, 4) is 17.2 Å². The predicted octanol–water partition coefficient (Wildman–Crippen LogP) is 4.70. The number of allylic oxidation sites excluding steroid dienone is 1. The Morgan fingerprint density at radius 3 is 2.29 bits per heavy atom. The van der Waals surface area contributed by atoms with Gasteiger partial charge in [-0.15, -0.1) is 0 Å². The van der Waals surface area contributed by atoms with Crippen molar-refractivity contribution in [3.63, 3.8) is 0 Å². The number of carbonyl (C=O) groups is 1. The summed E-state index contributed by atoms with van der Waals surface area (Å²) < 4.78 is 27.1. The fourth-order valence-electron chi connectivity index (χ4n) is 3.04. The third-order valence-electron chi connectivity index (χ3n) is 4.74. The Morgan fingerprint density at radius 2 is 1.68 bits per heavy atom. The maximum atomic E-state index is 12.0. The Balaban J connectivity index is 1.95. The van der Waals surface area contributed by atoms with Crippen LogP contribution >= 0.6 is 0 Å². The second-order valence-corrected chi connectivity index (χ2v) is 6.81. The molecular formula is C25H32O6. The number of benzene rings is 2. The summed E-state index contributed by atoms with van der Waals surface area (Å²) in [5.74, 6) is 1.81. The Morgan fingerprint density at radius 1 is 0.968 bits per heavy atom. The minimum Gasteiger partial charge on any atom is -0.493 e. The van der Waals surface area contributed by atoms with Gasteiger partial charge in [0.25, 0.3) is 0 Å². The molecule has 0 saturated carbocycles. The topological polar surface area (TPSA) is 63.2 Å². The Kier molecular flexibility index (Phi) is 9.91. The SMILES string of the molecule is CCOC(=O)[C@H](Cc1ccc(OC/C=C(/C)c2ccc(OC)c(OC)c2)cc1)OCC. The van der Waals surface area contributed by atoms with E-state index in [1.165, 1.54) is 0 Å². The molecule has 168 valence electrons. The highest BCUT2D eigenvalue weighted by Crippen LogP contribution is 2.30. The molecule has 2 rings (SSSR count). The van der Waals surface area contributed by atoms with E-state index in [9.17, 15) is 4.79 Å². The molecule has 0 aliphatic rings. The van der Waals surface area contributed by atoms with E-state index in [-0.39, 0.29) is 5.97 Å². The van der Waals surface area contributed by atoms with Crippen molar-refractivity contribution in [3.05, 3.63) is 59.7 Å². The van der Waals surface area contributed by atoms with E-state index in [2.05, 4.69) is 0 Å². The molecule has 6 heteroatoms. The van der Waals surface area contributed by atoms with Crippen LogP contribution in [0.1, 0.15) is 31.9 Å². The second-order valence-electron chi connectivity index (χ2n) is 6.81. The van der Waals surface area contributed by atoms with E-state index >= 15 is 0 Å². The molecule has 0 N–H and O–H groups in total. The van der Waals surface area contributed by atoms with Crippen LogP contribution in [0.2, 0.25) is 0 Å². The van der Waals surface area contributed by atoms with Crippen LogP contribution in [0.25, 0.3) is 5.57 Å². The molecule has 0 unspecified atom stereocenters. The highest BCUT2D eigenvalue weighted by atomic mass is 16.6. The van der Waals surface area contributed by atoms with Crippen LogP contribution in [0.3, 0.4) is 0 Å². The van der Waals surface area contributed by atoms with Gasteiger partial charge in [-0.05, 0) is 67.8 Å². The van der Waals surface area contributed by atoms with Crippen molar-refractivity contribution >= 4 is 11.5 Å². The summed E-state index contributed by atoms with van der Waals surface area (Å²) in [5, 5.41) is 0. The average Bonchev–Trinajstić information content (AvgIpc) is 2.79. The summed E-state index contributed by atoms with van der Waals surface area (Å²) in [4.78, 5) is 12.0. The fourth-order valence-corrected chi connectivity index (χ4v) is 3.04. The van der Waals surface area contributed by atoms with Gasteiger partial charge in [0.1, 0.15) is 12.4 Å². The van der Waals surface area contributed by atoms with Crippen molar-refractivity contribution in [2.24, 2.45) is 0 Å². The summed E-state index contributed by atoms with van der Waals surface area (Å²) in [6.45, 7) is 6.90. The number of esters is 1. The molecule has 31 heavy (non-hydrogen) atoms. The third kappa shape index (κ3) is 7.33. The molecule has 0 saturated heterocycles. The van der Waals surface area contributed by atoms with Crippen LogP contribution in [0.15, 0.2) is 48.5 Å². The summed E-state index contributed by atoms with van der Waals surface area (Å²) >= 11 is 0. The molecule has 0 spiro atoms. The first kappa shape index (κ1) is 24.3. The van der Waals surface area contributed by atoms with Crippen molar-refractivity contribution in [2.75, 3.05) is 34.0 Å². The maximum absolute atomic E-state index is 12.0. The lowest BCUT2D eigenvalue weighted by molar-refractivity contribution is -0.156. The largest absolute Gasteiger partial charge is 0.493 e. The van der Waals surface area contributed by atoms with Gasteiger partial charge in [0.2, 0.25) is 0 Å². The van der Waals surface area contributed by atoms with Gasteiger partial charge in [0.15, 0.2) is 17.6 Å². The molecule has 0 aromatic heterocycles. The van der Waals surface area contributed by atoms with Crippen molar-refractivity contribution in [1.82, 2.24) is 0 Å². The van der Waals surface area contributed by atoms with Gasteiger partial charge in [-0.1, -0.05) is 18.2 Å². The van der Waals surface area contributed by atoms with Gasteiger partial charge in [-0.2, -0.15) is 0 Å². The van der Waals surface area contributed by atoms with E-state index < -0.39 is 6.10 Å². The molecule has 1 atom stereocenters. The van der Waals surface area contributed by atoms with Crippen LogP contribution in [0, 0.1) is 0 Å². The van der Waals surface area contributed by atoms with Crippen LogP contribution in [0.5, 0.6) is 17.2 Å². The number of hydrogen-bond donors (Lipinski definition) is 0. The molecule has 0 radical (unpaired) electrons. The Labute approximate surface area is 184 Å². The van der Waals surface area contributed by atoms with Gasteiger partial charge in [-0.25, -0.2) is 4.79 Å². The minimum atomic E-state index is -0.594. The first-order valence-electron chi connectivity index (χ1n) is 10.4. The molecule has 0 fully saturated rings. The number of hydrogen-bond acceptors (Lipinski definition) is 6. The molecule has 6 nitrogen and oxygen atoms in total. The van der Waals surface area contributed by atoms with Crippen LogP contribution in [-0.4, -0.2) is 46.1 Å². The Hall–Kier alpha value is -2.99. The highest BCUT2D eigenvalue weighted by Gasteiger charge is 2.20. The second kappa shape index (κ2) is 12.6. The zero-order valence-electron chi connectivity index (χ0n) is 19.0. The van der Waals surface area contributed by atoms with Crippen LogP contribution < -0.4 is 14.2 Å². The monoisotopic (exact) mass is 428 g/mol. The zero-order chi connectivity index (χ0) is 22.6. The molecule has 2 aromatic rings. The molecule has 0 bridgehead atoms. The standard InChI is InChI=1S/C25H32O6/c1-6-29-24(25(26)30-7-2)16-19-8-11-21(12-9-19)31-15-14-18(3)20-10-13-22(27-4)23(17-20)28-5/h8-14,17,24H,6-7,15-16H2,1-5H3/b18-14-/t24-/m0/s1. The fraction of sp³-hybridized carbons (Fsp3) is 0.400. The number of methoxy groups -OCH3 is 2. The van der Waals surface area contributed by atoms with Gasteiger partial charge in [-0.3, -0.25) is 0 Å². The quantitative estimate of drug-likeness (QED) is 0.457. The predicted molar refractivity (Wildman–Crippen MR) is 121 cm³/mol. The van der Waals surface area contributed by atoms with Crippen molar-refractivity contribution in [1.29, 1.82) is 0 Å². The molecule has 0 heterocycles. The summed E-state index contributed by atoms with van der Waals surface area (Å²) in [7, 11) is 3.24. The molecule has 2 aromatic carbocycles. The first-order chi connectivity index (χ1) is 15.0. The molecule has 0 aliphatic heterocycles. The number of carbonyl (C=O) groups excluding carboxylic acids is 1.